The highest BCUT2D eigenvalue weighted by Gasteiger charge is 2.23. The molecule has 0 aliphatic heterocycles. The minimum Gasteiger partial charge on any atom is -0.349 e. The Hall–Kier alpha value is -2.35. The molecule has 3 rings (SSSR count). The first-order valence-electron chi connectivity index (χ1n) is 10.7. The van der Waals surface area contributed by atoms with Gasteiger partial charge in [-0.15, -0.1) is 10.2 Å². The molecule has 6 nitrogen and oxygen atoms in total. The summed E-state index contributed by atoms with van der Waals surface area (Å²) in [6.45, 7) is 4.73. The number of carbonyl (C=O) groups excluding carboxylic acids is 1. The van der Waals surface area contributed by atoms with Crippen LogP contribution in [0.2, 0.25) is 5.02 Å². The monoisotopic (exact) mass is 471 g/mol. The number of carbonyl (C=O) groups is 1. The highest BCUT2D eigenvalue weighted by atomic mass is 35.5. The molecule has 1 N–H and O–H groups in total. The zero-order valence-electron chi connectivity index (χ0n) is 19.0. The van der Waals surface area contributed by atoms with E-state index in [9.17, 15) is 4.79 Å². The van der Waals surface area contributed by atoms with E-state index in [1.165, 1.54) is 17.3 Å². The van der Waals surface area contributed by atoms with Crippen LogP contribution in [0.3, 0.4) is 0 Å². The summed E-state index contributed by atoms with van der Waals surface area (Å²) in [4.78, 5) is 14.8. The molecule has 0 radical (unpaired) electrons. The number of hydrogen-bond acceptors (Lipinski definition) is 5. The summed E-state index contributed by atoms with van der Waals surface area (Å²) in [5, 5.41) is 13.4. The highest BCUT2D eigenvalue weighted by Crippen LogP contribution is 2.27. The van der Waals surface area contributed by atoms with Gasteiger partial charge in [-0.25, -0.2) is 0 Å². The second-order valence-electron chi connectivity index (χ2n) is 7.90. The molecule has 1 heterocycles. The van der Waals surface area contributed by atoms with Gasteiger partial charge in [-0.2, -0.15) is 0 Å². The van der Waals surface area contributed by atoms with Gasteiger partial charge in [0.1, 0.15) is 0 Å². The standard InChI is InChI=1S/C24H30ClN5OS/c1-5-21(29(3)4)23-27-28-24(30(23)15-18-11-7-6-8-12-18)32-16-22(31)26-17(2)19-13-9-10-14-20(19)25/h6-14,17,21H,5,15-16H2,1-4H3,(H,26,31). The number of benzene rings is 2. The predicted octanol–water partition coefficient (Wildman–Crippen LogP) is 4.96. The van der Waals surface area contributed by atoms with Crippen molar-refractivity contribution in [3.8, 4) is 0 Å². The lowest BCUT2D eigenvalue weighted by Crippen LogP contribution is -2.28. The molecule has 2 aromatic carbocycles. The van der Waals surface area contributed by atoms with E-state index in [1.807, 2.05) is 63.5 Å². The van der Waals surface area contributed by atoms with Gasteiger partial charge >= 0.3 is 0 Å². The number of nitrogens with zero attached hydrogens (tertiary/aromatic N) is 4. The molecule has 2 unspecified atom stereocenters. The summed E-state index contributed by atoms with van der Waals surface area (Å²) in [6, 6.07) is 17.8. The van der Waals surface area contributed by atoms with Crippen LogP contribution < -0.4 is 5.32 Å². The van der Waals surface area contributed by atoms with Crippen molar-refractivity contribution in [2.24, 2.45) is 0 Å². The first-order valence-corrected chi connectivity index (χ1v) is 12.1. The number of aromatic nitrogens is 3. The van der Waals surface area contributed by atoms with Crippen LogP contribution in [0.25, 0.3) is 0 Å². The topological polar surface area (TPSA) is 63.1 Å². The van der Waals surface area contributed by atoms with Crippen molar-refractivity contribution in [1.29, 1.82) is 0 Å². The second kappa shape index (κ2) is 11.5. The molecule has 0 aliphatic carbocycles. The van der Waals surface area contributed by atoms with Crippen molar-refractivity contribution in [3.05, 3.63) is 76.6 Å². The SMILES string of the molecule is CCC(c1nnc(SCC(=O)NC(C)c2ccccc2Cl)n1Cc1ccccc1)N(C)C. The van der Waals surface area contributed by atoms with Gasteiger partial charge < -0.3 is 9.88 Å². The van der Waals surface area contributed by atoms with E-state index >= 15 is 0 Å². The van der Waals surface area contributed by atoms with Crippen molar-refractivity contribution >= 4 is 29.3 Å². The molecule has 0 saturated heterocycles. The fraction of sp³-hybridized carbons (Fsp3) is 0.375. The van der Waals surface area contributed by atoms with Gasteiger partial charge in [0.25, 0.3) is 0 Å². The third-order valence-electron chi connectivity index (χ3n) is 5.32. The van der Waals surface area contributed by atoms with E-state index in [1.54, 1.807) is 0 Å². The Morgan fingerprint density at radius 2 is 1.81 bits per heavy atom. The third kappa shape index (κ3) is 6.12. The zero-order valence-corrected chi connectivity index (χ0v) is 20.5. The Morgan fingerprint density at radius 3 is 2.47 bits per heavy atom. The van der Waals surface area contributed by atoms with Gasteiger partial charge in [0.15, 0.2) is 11.0 Å². The molecular weight excluding hydrogens is 442 g/mol. The molecule has 32 heavy (non-hydrogen) atoms. The number of thioether (sulfide) groups is 1. The summed E-state index contributed by atoms with van der Waals surface area (Å²) < 4.78 is 2.12. The normalized spacial score (nSPS) is 13.2. The van der Waals surface area contributed by atoms with E-state index in [4.69, 9.17) is 11.6 Å². The molecule has 0 bridgehead atoms. The lowest BCUT2D eigenvalue weighted by Gasteiger charge is -2.23. The molecule has 8 heteroatoms. The number of rotatable bonds is 10. The van der Waals surface area contributed by atoms with Gasteiger partial charge in [-0.1, -0.05) is 78.8 Å². The van der Waals surface area contributed by atoms with Crippen molar-refractivity contribution < 1.29 is 4.79 Å². The van der Waals surface area contributed by atoms with Crippen LogP contribution in [-0.2, 0) is 11.3 Å². The van der Waals surface area contributed by atoms with Gasteiger partial charge in [-0.05, 0) is 44.6 Å². The molecule has 170 valence electrons. The minimum atomic E-state index is -0.173. The third-order valence-corrected chi connectivity index (χ3v) is 6.63. The number of hydrogen-bond donors (Lipinski definition) is 1. The van der Waals surface area contributed by atoms with Gasteiger partial charge in [0.05, 0.1) is 24.4 Å². The molecule has 0 saturated carbocycles. The van der Waals surface area contributed by atoms with E-state index in [2.05, 4.69) is 44.0 Å². The lowest BCUT2D eigenvalue weighted by atomic mass is 10.1. The van der Waals surface area contributed by atoms with Gasteiger partial charge in [0.2, 0.25) is 5.91 Å². The first kappa shape index (κ1) is 24.3. The van der Waals surface area contributed by atoms with E-state index in [-0.39, 0.29) is 23.7 Å². The molecular formula is C24H30ClN5OS. The number of amides is 1. The van der Waals surface area contributed by atoms with Crippen LogP contribution in [0.1, 0.15) is 49.3 Å². The van der Waals surface area contributed by atoms with Crippen LogP contribution in [0.5, 0.6) is 0 Å². The van der Waals surface area contributed by atoms with Crippen LogP contribution in [-0.4, -0.2) is 45.4 Å². The molecule has 0 spiro atoms. The summed E-state index contributed by atoms with van der Waals surface area (Å²) in [5.74, 6) is 1.09. The van der Waals surface area contributed by atoms with Crippen molar-refractivity contribution in [1.82, 2.24) is 25.0 Å². The Bertz CT molecular complexity index is 1020. The molecule has 0 fully saturated rings. The van der Waals surface area contributed by atoms with Crippen LogP contribution in [0, 0.1) is 0 Å². The lowest BCUT2D eigenvalue weighted by molar-refractivity contribution is -0.119. The number of halogens is 1. The first-order chi connectivity index (χ1) is 15.4. The predicted molar refractivity (Wildman–Crippen MR) is 131 cm³/mol. The molecule has 2 atom stereocenters. The molecule has 1 amide bonds. The highest BCUT2D eigenvalue weighted by molar-refractivity contribution is 7.99. The van der Waals surface area contributed by atoms with Crippen molar-refractivity contribution in [2.45, 2.75) is 44.1 Å². The number of nitrogens with one attached hydrogen (secondary N) is 1. The fourth-order valence-corrected chi connectivity index (χ4v) is 4.72. The Labute approximate surface area is 199 Å². The fourth-order valence-electron chi connectivity index (χ4n) is 3.66. The summed E-state index contributed by atoms with van der Waals surface area (Å²) >= 11 is 7.66. The second-order valence-corrected chi connectivity index (χ2v) is 9.25. The van der Waals surface area contributed by atoms with Crippen LogP contribution in [0.15, 0.2) is 59.8 Å². The van der Waals surface area contributed by atoms with E-state index in [0.717, 1.165) is 23.0 Å². The molecule has 1 aromatic heterocycles. The largest absolute Gasteiger partial charge is 0.349 e. The van der Waals surface area contributed by atoms with Gasteiger partial charge in [-0.3, -0.25) is 9.69 Å². The van der Waals surface area contributed by atoms with Gasteiger partial charge in [0, 0.05) is 5.02 Å². The summed E-state index contributed by atoms with van der Waals surface area (Å²) in [6.07, 6.45) is 0.917. The molecule has 3 aromatic rings. The summed E-state index contributed by atoms with van der Waals surface area (Å²) in [7, 11) is 4.10. The smallest absolute Gasteiger partial charge is 0.230 e. The zero-order chi connectivity index (χ0) is 23.1. The summed E-state index contributed by atoms with van der Waals surface area (Å²) in [5.41, 5.74) is 2.07. The quantitative estimate of drug-likeness (QED) is 0.423. The average molecular weight is 472 g/mol. The maximum Gasteiger partial charge on any atom is 0.230 e. The van der Waals surface area contributed by atoms with E-state index in [0.29, 0.717) is 11.6 Å². The maximum atomic E-state index is 12.6. The Kier molecular flexibility index (Phi) is 8.73. The Balaban J connectivity index is 1.74. The average Bonchev–Trinajstić information content (AvgIpc) is 3.15. The van der Waals surface area contributed by atoms with Crippen molar-refractivity contribution in [2.75, 3.05) is 19.8 Å². The minimum absolute atomic E-state index is 0.0714. The molecule has 0 aliphatic rings. The van der Waals surface area contributed by atoms with Crippen molar-refractivity contribution in [3.63, 3.8) is 0 Å². The Morgan fingerprint density at radius 1 is 1.12 bits per heavy atom. The van der Waals surface area contributed by atoms with E-state index < -0.39 is 0 Å². The van der Waals surface area contributed by atoms with Crippen LogP contribution >= 0.6 is 23.4 Å². The van der Waals surface area contributed by atoms with Crippen LogP contribution in [0.4, 0.5) is 0 Å². The maximum absolute atomic E-state index is 12.6.